The molecule has 1 N–H and O–H groups in total. The van der Waals surface area contributed by atoms with Crippen LogP contribution in [0.5, 0.6) is 0 Å². The number of carbonyl (C=O) groups excluding carboxylic acids is 1. The van der Waals surface area contributed by atoms with Crippen molar-refractivity contribution in [2.45, 2.75) is 71.4 Å². The molecule has 0 aromatic heterocycles. The Morgan fingerprint density at radius 2 is 1.46 bits per heavy atom. The number of ether oxygens (including phenoxy) is 1. The maximum atomic E-state index is 13.5. The highest BCUT2D eigenvalue weighted by Crippen LogP contribution is 2.43. The van der Waals surface area contributed by atoms with Gasteiger partial charge in [0.05, 0.1) is 12.6 Å². The Balaban J connectivity index is 1.87. The van der Waals surface area contributed by atoms with Crippen LogP contribution in [0.1, 0.15) is 82.8 Å². The third-order valence-electron chi connectivity index (χ3n) is 6.75. The molecule has 0 bridgehead atoms. The summed E-state index contributed by atoms with van der Waals surface area (Å²) >= 11 is 0. The first-order valence-corrected chi connectivity index (χ1v) is 13.1. The number of carbonyl (C=O) groups is 1. The molecule has 0 saturated heterocycles. The van der Waals surface area contributed by atoms with E-state index in [4.69, 9.17) is 9.73 Å². The molecule has 5 nitrogen and oxygen atoms in total. The van der Waals surface area contributed by atoms with Crippen LogP contribution in [0.4, 0.5) is 10.5 Å². The summed E-state index contributed by atoms with van der Waals surface area (Å²) in [7, 11) is 0. The second-order valence-corrected chi connectivity index (χ2v) is 11.6. The van der Waals surface area contributed by atoms with Crippen LogP contribution in [-0.4, -0.2) is 23.6 Å². The van der Waals surface area contributed by atoms with Crippen LogP contribution in [0.15, 0.2) is 83.9 Å². The molecule has 1 aliphatic rings. The number of amides is 1. The van der Waals surface area contributed by atoms with E-state index in [1.165, 1.54) is 5.56 Å². The zero-order chi connectivity index (χ0) is 26.8. The average molecular weight is 498 g/mol. The lowest BCUT2D eigenvalue weighted by Crippen LogP contribution is -2.41. The zero-order valence-electron chi connectivity index (χ0n) is 23.1. The van der Waals surface area contributed by atoms with Crippen LogP contribution in [0.3, 0.4) is 0 Å². The Kier molecular flexibility index (Phi) is 7.44. The maximum absolute atomic E-state index is 13.5. The van der Waals surface area contributed by atoms with Crippen molar-refractivity contribution in [3.05, 3.63) is 101 Å². The number of aliphatic imine (C=N–C) groups is 1. The first-order chi connectivity index (χ1) is 17.5. The largest absolute Gasteiger partial charge is 0.449 e. The van der Waals surface area contributed by atoms with E-state index in [1.54, 1.807) is 4.90 Å². The van der Waals surface area contributed by atoms with Gasteiger partial charge in [-0.2, -0.15) is 0 Å². The minimum Gasteiger partial charge on any atom is -0.449 e. The van der Waals surface area contributed by atoms with Crippen molar-refractivity contribution in [3.63, 3.8) is 0 Å². The number of hydrogen-bond acceptors (Lipinski definition) is 4. The summed E-state index contributed by atoms with van der Waals surface area (Å²) in [5, 5.41) is 3.59. The summed E-state index contributed by atoms with van der Waals surface area (Å²) in [6.07, 6.45) is -0.412. The molecule has 0 saturated carbocycles. The SMILES string of the molecule is CCOC(=O)N1C(Nc2cc(C(C)(C)C)ccc2C(C)(C)C)=N[C@@H](c2ccccc2)[C@@H]1c1ccccc1. The van der Waals surface area contributed by atoms with E-state index < -0.39 is 6.09 Å². The summed E-state index contributed by atoms with van der Waals surface area (Å²) in [5.41, 5.74) is 5.24. The molecule has 0 spiro atoms. The minimum atomic E-state index is -0.412. The van der Waals surface area contributed by atoms with Gasteiger partial charge in [-0.25, -0.2) is 14.7 Å². The van der Waals surface area contributed by atoms with Crippen molar-refractivity contribution in [1.82, 2.24) is 4.90 Å². The first-order valence-electron chi connectivity index (χ1n) is 13.1. The standard InChI is InChI=1S/C32H39N3O2/c1-8-37-30(36)35-28(23-17-13-10-14-18-23)27(22-15-11-9-12-16-22)34-29(35)33-26-21-24(31(2,3)4)19-20-25(26)32(5,6)7/h9-21,27-28H,8H2,1-7H3,(H,33,34)/t27-,28-/m0/s1. The Bertz CT molecular complexity index is 1250. The van der Waals surface area contributed by atoms with E-state index in [0.717, 1.165) is 22.4 Å². The van der Waals surface area contributed by atoms with Gasteiger partial charge in [0, 0.05) is 5.69 Å². The van der Waals surface area contributed by atoms with Gasteiger partial charge in [-0.05, 0) is 46.1 Å². The van der Waals surface area contributed by atoms with Crippen molar-refractivity contribution < 1.29 is 9.53 Å². The molecule has 1 aliphatic heterocycles. The first kappa shape index (κ1) is 26.5. The van der Waals surface area contributed by atoms with Gasteiger partial charge in [-0.1, -0.05) is 114 Å². The number of guanidine groups is 1. The lowest BCUT2D eigenvalue weighted by Gasteiger charge is -2.30. The fourth-order valence-electron chi connectivity index (χ4n) is 4.80. The van der Waals surface area contributed by atoms with Crippen LogP contribution >= 0.6 is 0 Å². The molecular weight excluding hydrogens is 458 g/mol. The van der Waals surface area contributed by atoms with Crippen molar-refractivity contribution in [1.29, 1.82) is 0 Å². The molecular formula is C32H39N3O2. The van der Waals surface area contributed by atoms with E-state index in [9.17, 15) is 4.79 Å². The molecule has 2 atom stereocenters. The van der Waals surface area contributed by atoms with Gasteiger partial charge in [-0.15, -0.1) is 0 Å². The van der Waals surface area contributed by atoms with Gasteiger partial charge in [0.25, 0.3) is 0 Å². The van der Waals surface area contributed by atoms with Gasteiger partial charge in [0.1, 0.15) is 6.04 Å². The summed E-state index contributed by atoms with van der Waals surface area (Å²) < 4.78 is 5.57. The Morgan fingerprint density at radius 1 is 0.865 bits per heavy atom. The fraction of sp³-hybridized carbons (Fsp3) is 0.375. The topological polar surface area (TPSA) is 53.9 Å². The molecule has 37 heavy (non-hydrogen) atoms. The molecule has 4 rings (SSSR count). The van der Waals surface area contributed by atoms with E-state index in [0.29, 0.717) is 5.96 Å². The number of hydrogen-bond donors (Lipinski definition) is 1. The monoisotopic (exact) mass is 497 g/mol. The predicted molar refractivity (Wildman–Crippen MR) is 152 cm³/mol. The van der Waals surface area contributed by atoms with E-state index in [1.807, 2.05) is 55.5 Å². The maximum Gasteiger partial charge on any atom is 0.417 e. The Hall–Kier alpha value is -3.60. The molecule has 0 unspecified atom stereocenters. The molecule has 1 heterocycles. The molecule has 5 heteroatoms. The van der Waals surface area contributed by atoms with E-state index in [2.05, 4.69) is 77.2 Å². The third kappa shape index (κ3) is 5.71. The van der Waals surface area contributed by atoms with Crippen molar-refractivity contribution in [2.75, 3.05) is 11.9 Å². The number of rotatable bonds is 4. The normalized spacial score (nSPS) is 17.9. The highest BCUT2D eigenvalue weighted by Gasteiger charge is 2.43. The zero-order valence-corrected chi connectivity index (χ0v) is 23.1. The average Bonchev–Trinajstić information content (AvgIpc) is 3.23. The number of nitrogens with zero attached hydrogens (tertiary/aromatic N) is 2. The predicted octanol–water partition coefficient (Wildman–Crippen LogP) is 8.00. The van der Waals surface area contributed by atoms with Crippen LogP contribution in [0.2, 0.25) is 0 Å². The van der Waals surface area contributed by atoms with Crippen molar-refractivity contribution in [2.24, 2.45) is 4.99 Å². The molecule has 3 aromatic carbocycles. The van der Waals surface area contributed by atoms with Gasteiger partial charge < -0.3 is 10.1 Å². The van der Waals surface area contributed by atoms with Crippen LogP contribution in [0, 0.1) is 0 Å². The van der Waals surface area contributed by atoms with Crippen molar-refractivity contribution in [3.8, 4) is 0 Å². The second-order valence-electron chi connectivity index (χ2n) is 11.6. The van der Waals surface area contributed by atoms with E-state index in [-0.39, 0.29) is 29.5 Å². The highest BCUT2D eigenvalue weighted by molar-refractivity contribution is 6.04. The molecule has 194 valence electrons. The molecule has 0 fully saturated rings. The highest BCUT2D eigenvalue weighted by atomic mass is 16.6. The van der Waals surface area contributed by atoms with Crippen LogP contribution in [-0.2, 0) is 15.6 Å². The Labute approximate surface area is 221 Å². The summed E-state index contributed by atoms with van der Waals surface area (Å²) in [4.78, 5) is 20.3. The molecule has 3 aromatic rings. The quantitative estimate of drug-likeness (QED) is 0.397. The van der Waals surface area contributed by atoms with E-state index >= 15 is 0 Å². The van der Waals surface area contributed by atoms with Gasteiger partial charge in [-0.3, -0.25) is 0 Å². The van der Waals surface area contributed by atoms with Crippen LogP contribution in [0.25, 0.3) is 0 Å². The minimum absolute atomic E-state index is 0.0235. The van der Waals surface area contributed by atoms with Crippen LogP contribution < -0.4 is 5.32 Å². The summed E-state index contributed by atoms with van der Waals surface area (Å²) in [6.45, 7) is 15.3. The summed E-state index contributed by atoms with van der Waals surface area (Å²) in [5.74, 6) is 0.498. The molecule has 0 radical (unpaired) electrons. The second kappa shape index (κ2) is 10.4. The number of anilines is 1. The fourth-order valence-corrected chi connectivity index (χ4v) is 4.80. The summed E-state index contributed by atoms with van der Waals surface area (Å²) in [6, 6.07) is 26.2. The van der Waals surface area contributed by atoms with Gasteiger partial charge >= 0.3 is 6.09 Å². The third-order valence-corrected chi connectivity index (χ3v) is 6.75. The van der Waals surface area contributed by atoms with Gasteiger partial charge in [0.15, 0.2) is 0 Å². The van der Waals surface area contributed by atoms with Gasteiger partial charge in [0.2, 0.25) is 5.96 Å². The molecule has 0 aliphatic carbocycles. The lowest BCUT2D eigenvalue weighted by atomic mass is 9.81. The number of benzene rings is 3. The number of nitrogens with one attached hydrogen (secondary N) is 1. The van der Waals surface area contributed by atoms with Crippen molar-refractivity contribution >= 4 is 17.7 Å². The molecule has 1 amide bonds. The Morgan fingerprint density at radius 3 is 2.00 bits per heavy atom. The lowest BCUT2D eigenvalue weighted by molar-refractivity contribution is 0.117. The smallest absolute Gasteiger partial charge is 0.417 e.